The fraction of sp³-hybridized carbons (Fsp3) is 0.455. The Morgan fingerprint density at radius 1 is 1.41 bits per heavy atom. The Kier molecular flexibility index (Phi) is 4.13. The summed E-state index contributed by atoms with van der Waals surface area (Å²) < 4.78 is 26.2. The third-order valence-corrected chi connectivity index (χ3v) is 4.09. The number of hydrogen-bond donors (Lipinski definition) is 3. The fourth-order valence-corrected chi connectivity index (χ4v) is 2.47. The van der Waals surface area contributed by atoms with Crippen LogP contribution in [0.2, 0.25) is 0 Å². The van der Waals surface area contributed by atoms with Gasteiger partial charge in [-0.15, -0.1) is 0 Å². The molecule has 1 atom stereocenters. The van der Waals surface area contributed by atoms with Gasteiger partial charge in [0.25, 0.3) is 0 Å². The number of hydrogen-bond acceptors (Lipinski definition) is 4. The largest absolute Gasteiger partial charge is 0.398 e. The second kappa shape index (κ2) is 5.03. The summed E-state index contributed by atoms with van der Waals surface area (Å²) in [6, 6.07) is 6.21. The maximum absolute atomic E-state index is 11.9. The lowest BCUT2D eigenvalue weighted by atomic mass is 10.1. The predicted molar refractivity (Wildman–Crippen MR) is 67.0 cm³/mol. The minimum atomic E-state index is -3.67. The van der Waals surface area contributed by atoms with E-state index in [0.717, 1.165) is 0 Å². The third-order valence-electron chi connectivity index (χ3n) is 2.61. The lowest BCUT2D eigenvalue weighted by Gasteiger charge is -2.21. The lowest BCUT2D eigenvalue weighted by molar-refractivity contribution is 0.0613. The van der Waals surface area contributed by atoms with E-state index in [-0.39, 0.29) is 17.1 Å². The standard InChI is InChI=1S/C11H18N2O3S/c1-3-11(2,14)8-13-17(15,16)10-7-5-4-6-9(10)12/h4-7,13-14H,3,8,12H2,1-2H3. The van der Waals surface area contributed by atoms with Crippen molar-refractivity contribution in [3.05, 3.63) is 24.3 Å². The van der Waals surface area contributed by atoms with E-state index in [9.17, 15) is 13.5 Å². The monoisotopic (exact) mass is 258 g/mol. The number of para-hydroxylation sites is 1. The zero-order valence-electron chi connectivity index (χ0n) is 9.97. The Bertz CT molecular complexity index is 483. The number of rotatable bonds is 5. The molecule has 0 aromatic heterocycles. The first kappa shape index (κ1) is 14.0. The summed E-state index contributed by atoms with van der Waals surface area (Å²) >= 11 is 0. The second-order valence-corrected chi connectivity index (χ2v) is 5.95. The summed E-state index contributed by atoms with van der Waals surface area (Å²) in [7, 11) is -3.67. The van der Waals surface area contributed by atoms with E-state index in [0.29, 0.717) is 6.42 Å². The topological polar surface area (TPSA) is 92.4 Å². The molecule has 0 heterocycles. The van der Waals surface area contributed by atoms with E-state index >= 15 is 0 Å². The van der Waals surface area contributed by atoms with E-state index in [4.69, 9.17) is 5.73 Å². The number of sulfonamides is 1. The summed E-state index contributed by atoms with van der Waals surface area (Å²) in [5.74, 6) is 0. The maximum atomic E-state index is 11.9. The molecule has 0 fully saturated rings. The molecule has 0 aliphatic rings. The van der Waals surface area contributed by atoms with Crippen molar-refractivity contribution in [3.63, 3.8) is 0 Å². The van der Waals surface area contributed by atoms with Crippen LogP contribution < -0.4 is 10.5 Å². The van der Waals surface area contributed by atoms with Crippen molar-refractivity contribution < 1.29 is 13.5 Å². The van der Waals surface area contributed by atoms with Crippen LogP contribution in [0, 0.1) is 0 Å². The van der Waals surface area contributed by atoms with E-state index in [1.54, 1.807) is 26.0 Å². The van der Waals surface area contributed by atoms with Crippen LogP contribution in [-0.2, 0) is 10.0 Å². The van der Waals surface area contributed by atoms with Gasteiger partial charge in [0.05, 0.1) is 11.3 Å². The molecule has 0 bridgehead atoms. The average molecular weight is 258 g/mol. The Labute approximate surface area is 102 Å². The van der Waals surface area contributed by atoms with Crippen LogP contribution in [0.5, 0.6) is 0 Å². The normalized spacial score (nSPS) is 15.5. The summed E-state index contributed by atoms with van der Waals surface area (Å²) in [5, 5.41) is 9.74. The molecule has 0 saturated carbocycles. The van der Waals surface area contributed by atoms with Crippen LogP contribution in [0.1, 0.15) is 20.3 Å². The average Bonchev–Trinajstić information content (AvgIpc) is 2.27. The molecule has 0 aliphatic heterocycles. The van der Waals surface area contributed by atoms with Gasteiger partial charge in [0.15, 0.2) is 0 Å². The van der Waals surface area contributed by atoms with Gasteiger partial charge in [0.1, 0.15) is 4.90 Å². The highest BCUT2D eigenvalue weighted by Gasteiger charge is 2.23. The van der Waals surface area contributed by atoms with Gasteiger partial charge in [-0.1, -0.05) is 19.1 Å². The van der Waals surface area contributed by atoms with Gasteiger partial charge in [-0.3, -0.25) is 0 Å². The molecule has 0 saturated heterocycles. The van der Waals surface area contributed by atoms with Crippen molar-refractivity contribution in [3.8, 4) is 0 Å². The fourth-order valence-electron chi connectivity index (χ4n) is 1.18. The van der Waals surface area contributed by atoms with Crippen molar-refractivity contribution in [2.24, 2.45) is 0 Å². The number of nitrogens with two attached hydrogens (primary N) is 1. The van der Waals surface area contributed by atoms with Crippen LogP contribution >= 0.6 is 0 Å². The maximum Gasteiger partial charge on any atom is 0.242 e. The first-order valence-corrected chi connectivity index (χ1v) is 6.83. The summed E-state index contributed by atoms with van der Waals surface area (Å²) in [6.07, 6.45) is 0.458. The SMILES string of the molecule is CCC(C)(O)CNS(=O)(=O)c1ccccc1N. The summed E-state index contributed by atoms with van der Waals surface area (Å²) in [6.45, 7) is 3.31. The Morgan fingerprint density at radius 2 is 2.00 bits per heavy atom. The third kappa shape index (κ3) is 3.69. The summed E-state index contributed by atoms with van der Waals surface area (Å²) in [5.41, 5.74) is 4.73. The second-order valence-electron chi connectivity index (χ2n) is 4.21. The predicted octanol–water partition coefficient (Wildman–Crippen LogP) is 0.708. The first-order valence-electron chi connectivity index (χ1n) is 5.35. The van der Waals surface area contributed by atoms with E-state index in [1.165, 1.54) is 12.1 Å². The van der Waals surface area contributed by atoms with Gasteiger partial charge in [-0.25, -0.2) is 13.1 Å². The van der Waals surface area contributed by atoms with E-state index < -0.39 is 15.6 Å². The molecule has 17 heavy (non-hydrogen) atoms. The number of benzene rings is 1. The van der Waals surface area contributed by atoms with Crippen molar-refractivity contribution in [2.75, 3.05) is 12.3 Å². The van der Waals surface area contributed by atoms with Crippen LogP contribution in [0.15, 0.2) is 29.2 Å². The van der Waals surface area contributed by atoms with Crippen LogP contribution in [-0.4, -0.2) is 25.7 Å². The van der Waals surface area contributed by atoms with Gasteiger partial charge in [0.2, 0.25) is 10.0 Å². The summed E-state index contributed by atoms with van der Waals surface area (Å²) in [4.78, 5) is 0.0342. The van der Waals surface area contributed by atoms with Gasteiger partial charge >= 0.3 is 0 Å². The molecule has 4 N–H and O–H groups in total. The molecular weight excluding hydrogens is 240 g/mol. The Morgan fingerprint density at radius 3 is 2.53 bits per heavy atom. The highest BCUT2D eigenvalue weighted by atomic mass is 32.2. The van der Waals surface area contributed by atoms with Crippen molar-refractivity contribution in [1.82, 2.24) is 4.72 Å². The molecular formula is C11H18N2O3S. The van der Waals surface area contributed by atoms with Crippen molar-refractivity contribution >= 4 is 15.7 Å². The van der Waals surface area contributed by atoms with E-state index in [1.807, 2.05) is 0 Å². The number of nitrogens with one attached hydrogen (secondary N) is 1. The van der Waals surface area contributed by atoms with E-state index in [2.05, 4.69) is 4.72 Å². The van der Waals surface area contributed by atoms with Gasteiger partial charge < -0.3 is 10.8 Å². The molecule has 0 amide bonds. The Balaban J connectivity index is 2.88. The molecule has 0 radical (unpaired) electrons. The smallest absolute Gasteiger partial charge is 0.242 e. The first-order chi connectivity index (χ1) is 7.78. The zero-order valence-corrected chi connectivity index (χ0v) is 10.8. The number of nitrogen functional groups attached to an aromatic ring is 1. The minimum absolute atomic E-state index is 0.0342. The molecule has 5 nitrogen and oxygen atoms in total. The molecule has 0 spiro atoms. The highest BCUT2D eigenvalue weighted by molar-refractivity contribution is 7.89. The zero-order chi connectivity index (χ0) is 13.1. The number of anilines is 1. The molecule has 1 aromatic carbocycles. The van der Waals surface area contributed by atoms with Gasteiger partial charge in [0, 0.05) is 6.54 Å². The molecule has 1 aromatic rings. The quantitative estimate of drug-likeness (QED) is 0.678. The van der Waals surface area contributed by atoms with Crippen molar-refractivity contribution in [2.45, 2.75) is 30.8 Å². The molecule has 1 unspecified atom stereocenters. The molecule has 6 heteroatoms. The lowest BCUT2D eigenvalue weighted by Crippen LogP contribution is -2.40. The molecule has 1 rings (SSSR count). The van der Waals surface area contributed by atoms with Crippen LogP contribution in [0.4, 0.5) is 5.69 Å². The molecule has 0 aliphatic carbocycles. The van der Waals surface area contributed by atoms with Crippen LogP contribution in [0.3, 0.4) is 0 Å². The van der Waals surface area contributed by atoms with Gasteiger partial charge in [-0.05, 0) is 25.5 Å². The molecule has 96 valence electrons. The highest BCUT2D eigenvalue weighted by Crippen LogP contribution is 2.17. The Hall–Kier alpha value is -1.11. The van der Waals surface area contributed by atoms with Crippen molar-refractivity contribution in [1.29, 1.82) is 0 Å². The minimum Gasteiger partial charge on any atom is -0.398 e. The van der Waals surface area contributed by atoms with Gasteiger partial charge in [-0.2, -0.15) is 0 Å². The number of aliphatic hydroxyl groups is 1. The van der Waals surface area contributed by atoms with Crippen LogP contribution in [0.25, 0.3) is 0 Å².